The molecule has 0 bridgehead atoms. The van der Waals surface area contributed by atoms with Gasteiger partial charge in [-0.1, -0.05) is 22.0 Å². The number of carbonyl (C=O) groups is 7. The van der Waals surface area contributed by atoms with Crippen LogP contribution in [-0.4, -0.2) is 240 Å². The zero-order chi connectivity index (χ0) is 64.8. The smallest absolute Gasteiger partial charge is 0.323 e. The van der Waals surface area contributed by atoms with E-state index in [-0.39, 0.29) is 110 Å². The number of hydrogen-bond acceptors (Lipinski definition) is 21. The molecule has 3 amide bonds. The Balaban J connectivity index is 2.43. The summed E-state index contributed by atoms with van der Waals surface area (Å²) in [4.78, 5) is 104. The third kappa shape index (κ3) is 35.6. The first-order valence-corrected chi connectivity index (χ1v) is 30.9. The van der Waals surface area contributed by atoms with Gasteiger partial charge in [0.25, 0.3) is 0 Å². The number of ether oxygens (including phenoxy) is 9. The average Bonchev–Trinajstić information content (AvgIpc) is 2.00. The van der Waals surface area contributed by atoms with Crippen LogP contribution in [0.5, 0.6) is 0 Å². The molecule has 494 valence electrons. The van der Waals surface area contributed by atoms with Crippen molar-refractivity contribution in [2.24, 2.45) is 5.73 Å². The average molecular weight is 1290 g/mol. The lowest BCUT2D eigenvalue weighted by molar-refractivity contribution is -0.163. The molecular formula is C61H107BrN8O16. The third-order valence-electron chi connectivity index (χ3n) is 12.7. The fraction of sp³-hybridized carbons (Fsp3) is 0.787. The molecule has 25 heteroatoms. The number of amides is 3. The van der Waals surface area contributed by atoms with Gasteiger partial charge in [-0.3, -0.25) is 53.2 Å². The summed E-state index contributed by atoms with van der Waals surface area (Å²) < 4.78 is 51.5. The maximum atomic E-state index is 14.5. The lowest BCUT2D eigenvalue weighted by atomic mass is 10.0. The molecule has 1 heterocycles. The summed E-state index contributed by atoms with van der Waals surface area (Å²) in [6, 6.07) is -0.246. The van der Waals surface area contributed by atoms with E-state index in [1.165, 1.54) is 0 Å². The fourth-order valence-electron chi connectivity index (χ4n) is 8.92. The minimum Gasteiger partial charge on any atom is -0.459 e. The fourth-order valence-corrected chi connectivity index (χ4v) is 9.23. The van der Waals surface area contributed by atoms with Gasteiger partial charge in [0.1, 0.15) is 40.7 Å². The number of anilines is 1. The summed E-state index contributed by atoms with van der Waals surface area (Å²) in [5, 5.41) is 8.65. The van der Waals surface area contributed by atoms with E-state index in [9.17, 15) is 33.6 Å². The highest BCUT2D eigenvalue weighted by atomic mass is 79.9. The van der Waals surface area contributed by atoms with Crippen molar-refractivity contribution in [2.75, 3.05) is 143 Å². The Bertz CT molecular complexity index is 2220. The molecule has 2 unspecified atom stereocenters. The molecule has 86 heavy (non-hydrogen) atoms. The van der Waals surface area contributed by atoms with Crippen molar-refractivity contribution < 1.29 is 76.2 Å². The summed E-state index contributed by atoms with van der Waals surface area (Å²) >= 11 is 3.61. The number of nitrogens with two attached hydrogens (primary N) is 1. The number of aryl methyl sites for hydroxylation is 2. The second-order valence-corrected chi connectivity index (χ2v) is 26.2. The summed E-state index contributed by atoms with van der Waals surface area (Å²) in [6.07, 6.45) is -1.19. The van der Waals surface area contributed by atoms with E-state index in [4.69, 9.17) is 48.4 Å². The number of carbonyl (C=O) groups excluding carboxylic acids is 7. The van der Waals surface area contributed by atoms with Crippen LogP contribution in [0.1, 0.15) is 132 Å². The van der Waals surface area contributed by atoms with E-state index < -0.39 is 76.4 Å². The molecule has 3 atom stereocenters. The summed E-state index contributed by atoms with van der Waals surface area (Å²) in [5.74, 6) is -3.43. The maximum Gasteiger partial charge on any atom is 0.323 e. The van der Waals surface area contributed by atoms with Gasteiger partial charge >= 0.3 is 23.9 Å². The summed E-state index contributed by atoms with van der Waals surface area (Å²) in [6.45, 7) is 33.9. The van der Waals surface area contributed by atoms with Crippen LogP contribution < -0.4 is 21.7 Å². The second-order valence-electron chi connectivity index (χ2n) is 25.4. The third-order valence-corrected chi connectivity index (χ3v) is 14.0. The van der Waals surface area contributed by atoms with Crippen LogP contribution in [-0.2, 0) is 76.2 Å². The molecule has 1 aliphatic heterocycles. The minimum atomic E-state index is -1.17. The standard InChI is InChI=1S/C61H107BrN8O16/c1-17-78-32-33-80-34-35-81-42-48(63)82-37-36-79-31-22-64-56(76)46(18-20-50(72)66-55-44(3)38-43(2)54(62)45(55)4)65-49(71)21-19-47(57(77)86-61(14,15)16)70-29-27-68(40-52(74)84-59(8,9)10)25-23-67(39-51(73)83-58(5,6)7)24-26-69(28-30-70)41-53(75)85-60(11,12)13/h38,46-48H,17-37,39-42,63H2,1-16H3,(H,64,76)(H,65,71)(H,66,72)/t46-,47?,48?/m1/s1. The lowest BCUT2D eigenvalue weighted by Gasteiger charge is -2.37. The molecule has 1 aromatic carbocycles. The summed E-state index contributed by atoms with van der Waals surface area (Å²) in [7, 11) is 0. The van der Waals surface area contributed by atoms with E-state index in [1.807, 2.05) is 53.4 Å². The van der Waals surface area contributed by atoms with Crippen LogP contribution in [0.15, 0.2) is 10.5 Å². The highest BCUT2D eigenvalue weighted by molar-refractivity contribution is 9.10. The topological polar surface area (TPSA) is 278 Å². The number of nitrogens with zero attached hydrogens (tertiary/aromatic N) is 4. The van der Waals surface area contributed by atoms with Gasteiger partial charge in [-0.05, 0) is 140 Å². The number of halogens is 1. The van der Waals surface area contributed by atoms with Crippen molar-refractivity contribution in [3.63, 3.8) is 0 Å². The quantitative estimate of drug-likeness (QED) is 0.0318. The highest BCUT2D eigenvalue weighted by Crippen LogP contribution is 2.31. The minimum absolute atomic E-state index is 0.0424. The van der Waals surface area contributed by atoms with Crippen LogP contribution in [0.3, 0.4) is 0 Å². The number of hydrogen-bond donors (Lipinski definition) is 4. The van der Waals surface area contributed by atoms with Crippen molar-refractivity contribution in [2.45, 2.75) is 177 Å². The lowest BCUT2D eigenvalue weighted by Crippen LogP contribution is -2.53. The Morgan fingerprint density at radius 1 is 0.570 bits per heavy atom. The van der Waals surface area contributed by atoms with Gasteiger partial charge in [-0.2, -0.15) is 0 Å². The molecule has 5 N–H and O–H groups in total. The molecule has 1 fully saturated rings. The normalized spacial score (nSPS) is 16.0. The van der Waals surface area contributed by atoms with Gasteiger partial charge in [0, 0.05) is 88.5 Å². The first kappa shape index (κ1) is 77.7. The van der Waals surface area contributed by atoms with Crippen LogP contribution in [0, 0.1) is 20.8 Å². The van der Waals surface area contributed by atoms with Crippen molar-refractivity contribution in [1.82, 2.24) is 30.2 Å². The molecule has 1 aromatic rings. The van der Waals surface area contributed by atoms with E-state index in [0.29, 0.717) is 64.9 Å². The van der Waals surface area contributed by atoms with E-state index in [2.05, 4.69) is 31.9 Å². The van der Waals surface area contributed by atoms with Gasteiger partial charge in [-0.15, -0.1) is 0 Å². The van der Waals surface area contributed by atoms with Crippen LogP contribution in [0.4, 0.5) is 5.69 Å². The van der Waals surface area contributed by atoms with Crippen molar-refractivity contribution >= 4 is 63.2 Å². The SMILES string of the molecule is CCOCCOCCOCC(N)OCCOCCNC(=O)[C@@H](CCC(=O)Nc1c(C)cc(C)c(Br)c1C)NC(=O)CCC(C(=O)OC(C)(C)C)N1CCN(CC(=O)OC(C)(C)C)CCN(CC(=O)OC(C)(C)C)CCN(CC(=O)OC(C)(C)C)CC1. The van der Waals surface area contributed by atoms with E-state index in [0.717, 1.165) is 21.2 Å². The van der Waals surface area contributed by atoms with Gasteiger partial charge in [0.05, 0.1) is 72.5 Å². The number of nitrogens with one attached hydrogen (secondary N) is 3. The molecule has 1 aliphatic rings. The maximum absolute atomic E-state index is 14.5. The van der Waals surface area contributed by atoms with Crippen LogP contribution >= 0.6 is 15.9 Å². The molecule has 0 aromatic heterocycles. The van der Waals surface area contributed by atoms with Crippen LogP contribution in [0.2, 0.25) is 0 Å². The van der Waals surface area contributed by atoms with Gasteiger partial charge in [0.15, 0.2) is 0 Å². The van der Waals surface area contributed by atoms with Gasteiger partial charge in [0.2, 0.25) is 17.7 Å². The first-order chi connectivity index (χ1) is 40.0. The van der Waals surface area contributed by atoms with Gasteiger partial charge in [-0.25, -0.2) is 0 Å². The largest absolute Gasteiger partial charge is 0.459 e. The molecule has 1 saturated heterocycles. The Hall–Kier alpha value is -4.41. The molecule has 0 aliphatic carbocycles. The molecular weight excluding hydrogens is 1180 g/mol. The molecule has 2 rings (SSSR count). The monoisotopic (exact) mass is 1290 g/mol. The molecule has 0 spiro atoms. The second kappa shape index (κ2) is 38.9. The number of rotatable bonds is 33. The van der Waals surface area contributed by atoms with Crippen molar-refractivity contribution in [3.8, 4) is 0 Å². The molecule has 24 nitrogen and oxygen atoms in total. The molecule has 0 saturated carbocycles. The number of benzene rings is 1. The first-order valence-electron chi connectivity index (χ1n) is 30.2. The Labute approximate surface area is 521 Å². The Kier molecular flexibility index (Phi) is 35.1. The predicted octanol–water partition coefficient (Wildman–Crippen LogP) is 4.82. The van der Waals surface area contributed by atoms with Crippen molar-refractivity contribution in [1.29, 1.82) is 0 Å². The zero-order valence-electron chi connectivity index (χ0n) is 54.8. The van der Waals surface area contributed by atoms with E-state index in [1.54, 1.807) is 83.1 Å². The van der Waals surface area contributed by atoms with E-state index >= 15 is 0 Å². The van der Waals surface area contributed by atoms with Crippen molar-refractivity contribution in [3.05, 3.63) is 27.2 Å². The number of esters is 4. The van der Waals surface area contributed by atoms with Gasteiger partial charge < -0.3 is 64.3 Å². The predicted molar refractivity (Wildman–Crippen MR) is 331 cm³/mol. The molecule has 0 radical (unpaired) electrons. The highest BCUT2D eigenvalue weighted by Gasteiger charge is 2.34. The Morgan fingerprint density at radius 2 is 1.01 bits per heavy atom. The van der Waals surface area contributed by atoms with Crippen LogP contribution in [0.25, 0.3) is 0 Å². The zero-order valence-corrected chi connectivity index (χ0v) is 56.3. The Morgan fingerprint density at radius 3 is 1.50 bits per heavy atom. The summed E-state index contributed by atoms with van der Waals surface area (Å²) in [5.41, 5.74) is 6.19.